The van der Waals surface area contributed by atoms with E-state index in [4.69, 9.17) is 13.9 Å². The summed E-state index contributed by atoms with van der Waals surface area (Å²) in [7, 11) is 3.11. The summed E-state index contributed by atoms with van der Waals surface area (Å²) in [6.45, 7) is 5.34. The van der Waals surface area contributed by atoms with Crippen molar-refractivity contribution < 1.29 is 18.7 Å². The number of ether oxygens (including phenoxy) is 2. The maximum Gasteiger partial charge on any atom is 0.257 e. The lowest BCUT2D eigenvalue weighted by molar-refractivity contribution is 0.0702. The molecule has 7 nitrogen and oxygen atoms in total. The summed E-state index contributed by atoms with van der Waals surface area (Å²) in [6.07, 6.45) is 1.61. The van der Waals surface area contributed by atoms with Gasteiger partial charge in [0.2, 0.25) is 11.8 Å². The van der Waals surface area contributed by atoms with E-state index in [1.807, 2.05) is 18.7 Å². The van der Waals surface area contributed by atoms with Gasteiger partial charge in [-0.05, 0) is 25.0 Å². The Labute approximate surface area is 153 Å². The molecule has 1 aliphatic rings. The molecule has 0 unspecified atom stereocenters. The van der Waals surface area contributed by atoms with Gasteiger partial charge in [0.1, 0.15) is 0 Å². The van der Waals surface area contributed by atoms with Crippen LogP contribution in [-0.4, -0.2) is 48.3 Å². The fourth-order valence-corrected chi connectivity index (χ4v) is 3.20. The highest BCUT2D eigenvalue weighted by molar-refractivity contribution is 5.97. The number of piperidine rings is 1. The van der Waals surface area contributed by atoms with Crippen LogP contribution < -0.4 is 9.47 Å². The van der Waals surface area contributed by atoms with Crippen molar-refractivity contribution in [3.05, 3.63) is 35.5 Å². The first-order valence-electron chi connectivity index (χ1n) is 8.88. The Kier molecular flexibility index (Phi) is 5.44. The lowest BCUT2D eigenvalue weighted by Gasteiger charge is -2.31. The van der Waals surface area contributed by atoms with E-state index in [9.17, 15) is 4.79 Å². The Morgan fingerprint density at radius 2 is 1.92 bits per heavy atom. The second kappa shape index (κ2) is 7.76. The zero-order valence-electron chi connectivity index (χ0n) is 15.7. The molecule has 0 atom stereocenters. The van der Waals surface area contributed by atoms with Gasteiger partial charge >= 0.3 is 0 Å². The maximum absolute atomic E-state index is 12.9. The van der Waals surface area contributed by atoms with E-state index in [-0.39, 0.29) is 17.7 Å². The minimum atomic E-state index is -0.0485. The predicted octanol–water partition coefficient (Wildman–Crippen LogP) is 3.23. The summed E-state index contributed by atoms with van der Waals surface area (Å²) in [6, 6.07) is 5.35. The molecule has 1 saturated heterocycles. The molecule has 0 bridgehead atoms. The Morgan fingerprint density at radius 1 is 1.19 bits per heavy atom. The number of benzene rings is 1. The van der Waals surface area contributed by atoms with E-state index < -0.39 is 0 Å². The first kappa shape index (κ1) is 18.2. The second-order valence-electron chi connectivity index (χ2n) is 6.74. The number of carbonyl (C=O) groups is 1. The van der Waals surface area contributed by atoms with Gasteiger partial charge in [0.25, 0.3) is 5.91 Å². The second-order valence-corrected chi connectivity index (χ2v) is 6.74. The molecule has 2 aromatic rings. The number of hydrogen-bond donors (Lipinski definition) is 0. The standard InChI is InChI=1S/C19H25N3O4/c1-12(2)17-20-21-18(26-17)13-8-10-22(11-9-13)19(23)14-6-5-7-15(24-3)16(14)25-4/h5-7,12-13H,8-11H2,1-4H3. The van der Waals surface area contributed by atoms with E-state index in [2.05, 4.69) is 10.2 Å². The van der Waals surface area contributed by atoms with Crippen molar-refractivity contribution in [3.8, 4) is 11.5 Å². The molecule has 0 radical (unpaired) electrons. The first-order chi connectivity index (χ1) is 12.5. The van der Waals surface area contributed by atoms with Crippen LogP contribution in [-0.2, 0) is 0 Å². The van der Waals surface area contributed by atoms with Crippen molar-refractivity contribution >= 4 is 5.91 Å². The lowest BCUT2D eigenvalue weighted by atomic mass is 9.96. The molecule has 1 fully saturated rings. The van der Waals surface area contributed by atoms with E-state index in [0.29, 0.717) is 41.9 Å². The van der Waals surface area contributed by atoms with Crippen LogP contribution in [0.4, 0.5) is 0 Å². The van der Waals surface area contributed by atoms with Crippen LogP contribution in [0, 0.1) is 0 Å². The smallest absolute Gasteiger partial charge is 0.257 e. The first-order valence-corrected chi connectivity index (χ1v) is 8.88. The highest BCUT2D eigenvalue weighted by Gasteiger charge is 2.29. The molecule has 0 N–H and O–H groups in total. The molecule has 140 valence electrons. The van der Waals surface area contributed by atoms with Crippen molar-refractivity contribution in [2.24, 2.45) is 0 Å². The Morgan fingerprint density at radius 3 is 2.50 bits per heavy atom. The Balaban J connectivity index is 1.69. The highest BCUT2D eigenvalue weighted by atomic mass is 16.5. The van der Waals surface area contributed by atoms with Gasteiger partial charge in [0, 0.05) is 24.9 Å². The number of para-hydroxylation sites is 1. The third-order valence-electron chi connectivity index (χ3n) is 4.71. The van der Waals surface area contributed by atoms with Crippen molar-refractivity contribution in [1.82, 2.24) is 15.1 Å². The zero-order chi connectivity index (χ0) is 18.7. The molecule has 1 aromatic carbocycles. The number of likely N-dealkylation sites (tertiary alicyclic amines) is 1. The minimum Gasteiger partial charge on any atom is -0.493 e. The molecule has 1 amide bonds. The monoisotopic (exact) mass is 359 g/mol. The van der Waals surface area contributed by atoms with Crippen LogP contribution >= 0.6 is 0 Å². The predicted molar refractivity (Wildman–Crippen MR) is 95.8 cm³/mol. The minimum absolute atomic E-state index is 0.0485. The lowest BCUT2D eigenvalue weighted by Crippen LogP contribution is -2.38. The topological polar surface area (TPSA) is 77.7 Å². The van der Waals surface area contributed by atoms with Crippen molar-refractivity contribution in [1.29, 1.82) is 0 Å². The summed E-state index contributed by atoms with van der Waals surface area (Å²) < 4.78 is 16.4. The number of aromatic nitrogens is 2. The molecular formula is C19H25N3O4. The SMILES string of the molecule is COc1cccc(C(=O)N2CCC(c3nnc(C(C)C)o3)CC2)c1OC. The fraction of sp³-hybridized carbons (Fsp3) is 0.526. The summed E-state index contributed by atoms with van der Waals surface area (Å²) in [4.78, 5) is 14.8. The maximum atomic E-state index is 12.9. The van der Waals surface area contributed by atoms with Gasteiger partial charge in [0.15, 0.2) is 11.5 Å². The number of methoxy groups -OCH3 is 2. The van der Waals surface area contributed by atoms with Crippen LogP contribution in [0.1, 0.15) is 60.7 Å². The van der Waals surface area contributed by atoms with Crippen molar-refractivity contribution in [2.75, 3.05) is 27.3 Å². The van der Waals surface area contributed by atoms with E-state index in [1.165, 1.54) is 0 Å². The quantitative estimate of drug-likeness (QED) is 0.816. The van der Waals surface area contributed by atoms with Gasteiger partial charge in [-0.3, -0.25) is 4.79 Å². The van der Waals surface area contributed by atoms with Crippen LogP contribution in [0.25, 0.3) is 0 Å². The highest BCUT2D eigenvalue weighted by Crippen LogP contribution is 2.33. The third kappa shape index (κ3) is 3.52. The molecular weight excluding hydrogens is 334 g/mol. The van der Waals surface area contributed by atoms with E-state index >= 15 is 0 Å². The molecule has 2 heterocycles. The molecule has 0 spiro atoms. The normalized spacial score (nSPS) is 15.3. The Hall–Kier alpha value is -2.57. The molecule has 26 heavy (non-hydrogen) atoms. The molecule has 0 saturated carbocycles. The number of amides is 1. The van der Waals surface area contributed by atoms with Gasteiger partial charge in [-0.15, -0.1) is 10.2 Å². The number of hydrogen-bond acceptors (Lipinski definition) is 6. The number of carbonyl (C=O) groups excluding carboxylic acids is 1. The van der Waals surface area contributed by atoms with Gasteiger partial charge in [-0.2, -0.15) is 0 Å². The molecule has 3 rings (SSSR count). The summed E-state index contributed by atoms with van der Waals surface area (Å²) in [5.41, 5.74) is 0.519. The molecule has 7 heteroatoms. The third-order valence-corrected chi connectivity index (χ3v) is 4.71. The van der Waals surface area contributed by atoms with Crippen molar-refractivity contribution in [2.45, 2.75) is 38.5 Å². The van der Waals surface area contributed by atoms with Crippen LogP contribution in [0.15, 0.2) is 22.6 Å². The largest absolute Gasteiger partial charge is 0.493 e. The number of rotatable bonds is 5. The van der Waals surface area contributed by atoms with Crippen molar-refractivity contribution in [3.63, 3.8) is 0 Å². The molecule has 1 aromatic heterocycles. The van der Waals surface area contributed by atoms with E-state index in [1.54, 1.807) is 32.4 Å². The number of nitrogens with zero attached hydrogens (tertiary/aromatic N) is 3. The van der Waals surface area contributed by atoms with Gasteiger partial charge in [0.05, 0.1) is 19.8 Å². The zero-order valence-corrected chi connectivity index (χ0v) is 15.7. The van der Waals surface area contributed by atoms with Crippen LogP contribution in [0.3, 0.4) is 0 Å². The average molecular weight is 359 g/mol. The molecule has 0 aliphatic carbocycles. The molecule has 1 aliphatic heterocycles. The summed E-state index contributed by atoms with van der Waals surface area (Å²) >= 11 is 0. The van der Waals surface area contributed by atoms with Crippen LogP contribution in [0.5, 0.6) is 11.5 Å². The van der Waals surface area contributed by atoms with Gasteiger partial charge in [-0.25, -0.2) is 0 Å². The van der Waals surface area contributed by atoms with E-state index in [0.717, 1.165) is 12.8 Å². The van der Waals surface area contributed by atoms with Crippen LogP contribution in [0.2, 0.25) is 0 Å². The summed E-state index contributed by atoms with van der Waals surface area (Å²) in [5.74, 6) is 2.75. The van der Waals surface area contributed by atoms with Gasteiger partial charge < -0.3 is 18.8 Å². The average Bonchev–Trinajstić information content (AvgIpc) is 3.17. The van der Waals surface area contributed by atoms with Gasteiger partial charge in [-0.1, -0.05) is 19.9 Å². The Bertz CT molecular complexity index is 764. The summed E-state index contributed by atoms with van der Waals surface area (Å²) in [5, 5.41) is 8.29. The fourth-order valence-electron chi connectivity index (χ4n) is 3.20.